The maximum absolute atomic E-state index is 14.1. The number of benzene rings is 3. The molecule has 0 atom stereocenters. The fraction of sp³-hybridized carbons (Fsp3) is 0.185. The van der Waals surface area contributed by atoms with Crippen LogP contribution in [0.15, 0.2) is 66.7 Å². The van der Waals surface area contributed by atoms with Gasteiger partial charge in [-0.3, -0.25) is 9.48 Å². The Balaban J connectivity index is 1.51. The third-order valence-electron chi connectivity index (χ3n) is 5.65. The minimum Gasteiger partial charge on any atom is -0.496 e. The standard InChI is InChI=1S/C27H25ClFN3O3/c1-17-26(18(2)32(31-17)15-20-6-4-5-7-24(20)29)30-27(33)19-8-13-25(34-3)21(14-19)16-35-23-11-9-22(28)10-12-23/h4-14H,15-16H2,1-3H3,(H,30,33). The summed E-state index contributed by atoms with van der Waals surface area (Å²) >= 11 is 5.93. The van der Waals surface area contributed by atoms with Gasteiger partial charge in [0.2, 0.25) is 0 Å². The average Bonchev–Trinajstić information content (AvgIpc) is 3.12. The number of halogens is 2. The van der Waals surface area contributed by atoms with Crippen LogP contribution < -0.4 is 14.8 Å². The molecule has 0 radical (unpaired) electrons. The van der Waals surface area contributed by atoms with Gasteiger partial charge in [0.15, 0.2) is 0 Å². The Kier molecular flexibility index (Phi) is 7.36. The van der Waals surface area contributed by atoms with E-state index in [0.29, 0.717) is 39.0 Å². The van der Waals surface area contributed by atoms with Gasteiger partial charge in [-0.25, -0.2) is 4.39 Å². The SMILES string of the molecule is COc1ccc(C(=O)Nc2c(C)nn(Cc3ccccc3F)c2C)cc1COc1ccc(Cl)cc1. The maximum atomic E-state index is 14.1. The molecule has 1 aromatic heterocycles. The molecular formula is C27H25ClFN3O3. The Morgan fingerprint density at radius 2 is 1.80 bits per heavy atom. The summed E-state index contributed by atoms with van der Waals surface area (Å²) in [6, 6.07) is 18.8. The van der Waals surface area contributed by atoms with Gasteiger partial charge in [-0.2, -0.15) is 5.10 Å². The molecule has 6 nitrogen and oxygen atoms in total. The van der Waals surface area contributed by atoms with Crippen LogP contribution >= 0.6 is 11.6 Å². The Hall–Kier alpha value is -3.84. The number of methoxy groups -OCH3 is 1. The fourth-order valence-electron chi connectivity index (χ4n) is 3.73. The predicted molar refractivity (Wildman–Crippen MR) is 134 cm³/mol. The minimum absolute atomic E-state index is 0.213. The zero-order valence-electron chi connectivity index (χ0n) is 19.6. The quantitative estimate of drug-likeness (QED) is 0.318. The van der Waals surface area contributed by atoms with Gasteiger partial charge in [-0.1, -0.05) is 29.8 Å². The van der Waals surface area contributed by atoms with E-state index in [0.717, 1.165) is 11.3 Å². The topological polar surface area (TPSA) is 65.4 Å². The van der Waals surface area contributed by atoms with E-state index in [1.165, 1.54) is 6.07 Å². The first kappa shape index (κ1) is 24.3. The first-order valence-electron chi connectivity index (χ1n) is 11.0. The van der Waals surface area contributed by atoms with Crippen LogP contribution in [0.5, 0.6) is 11.5 Å². The van der Waals surface area contributed by atoms with Gasteiger partial charge in [0, 0.05) is 21.7 Å². The van der Waals surface area contributed by atoms with Crippen LogP contribution in [0, 0.1) is 19.7 Å². The van der Waals surface area contributed by atoms with E-state index in [-0.39, 0.29) is 24.9 Å². The molecule has 8 heteroatoms. The van der Waals surface area contributed by atoms with E-state index in [1.54, 1.807) is 79.4 Å². The molecule has 0 unspecified atom stereocenters. The highest BCUT2D eigenvalue weighted by Gasteiger charge is 2.17. The van der Waals surface area contributed by atoms with Gasteiger partial charge >= 0.3 is 0 Å². The lowest BCUT2D eigenvalue weighted by Gasteiger charge is -2.13. The lowest BCUT2D eigenvalue weighted by atomic mass is 10.1. The lowest BCUT2D eigenvalue weighted by Crippen LogP contribution is -2.14. The summed E-state index contributed by atoms with van der Waals surface area (Å²) in [6.07, 6.45) is 0. The molecule has 1 heterocycles. The van der Waals surface area contributed by atoms with Crippen molar-refractivity contribution in [3.63, 3.8) is 0 Å². The molecule has 0 saturated carbocycles. The lowest BCUT2D eigenvalue weighted by molar-refractivity contribution is 0.102. The van der Waals surface area contributed by atoms with Crippen molar-refractivity contribution in [3.8, 4) is 11.5 Å². The summed E-state index contributed by atoms with van der Waals surface area (Å²) in [5.74, 6) is 0.676. The summed E-state index contributed by atoms with van der Waals surface area (Å²) in [5.41, 5.74) is 3.67. The molecule has 0 saturated heterocycles. The molecule has 3 aromatic carbocycles. The van der Waals surface area contributed by atoms with E-state index in [9.17, 15) is 9.18 Å². The Morgan fingerprint density at radius 3 is 2.51 bits per heavy atom. The van der Waals surface area contributed by atoms with Crippen LogP contribution in [-0.2, 0) is 13.2 Å². The summed E-state index contributed by atoms with van der Waals surface area (Å²) in [7, 11) is 1.57. The van der Waals surface area contributed by atoms with Crippen molar-refractivity contribution < 1.29 is 18.7 Å². The number of aromatic nitrogens is 2. The Labute approximate surface area is 208 Å². The zero-order chi connectivity index (χ0) is 24.9. The number of hydrogen-bond donors (Lipinski definition) is 1. The molecule has 0 spiro atoms. The summed E-state index contributed by atoms with van der Waals surface area (Å²) in [6.45, 7) is 4.13. The van der Waals surface area contributed by atoms with E-state index >= 15 is 0 Å². The second kappa shape index (κ2) is 10.6. The number of nitrogens with zero attached hydrogens (tertiary/aromatic N) is 2. The third kappa shape index (κ3) is 5.63. The zero-order valence-corrected chi connectivity index (χ0v) is 20.4. The summed E-state index contributed by atoms with van der Waals surface area (Å²) < 4.78 is 27.1. The molecule has 0 aliphatic rings. The van der Waals surface area contributed by atoms with Crippen LogP contribution in [0.2, 0.25) is 5.02 Å². The smallest absolute Gasteiger partial charge is 0.255 e. The molecule has 0 aliphatic carbocycles. The third-order valence-corrected chi connectivity index (χ3v) is 5.90. The molecule has 1 amide bonds. The van der Waals surface area contributed by atoms with E-state index in [2.05, 4.69) is 10.4 Å². The van der Waals surface area contributed by atoms with Crippen molar-refractivity contribution in [2.45, 2.75) is 27.0 Å². The molecule has 4 rings (SSSR count). The number of amides is 1. The number of anilines is 1. The highest BCUT2D eigenvalue weighted by Crippen LogP contribution is 2.25. The van der Waals surface area contributed by atoms with Gasteiger partial charge in [-0.15, -0.1) is 0 Å². The van der Waals surface area contributed by atoms with Gasteiger partial charge in [0.25, 0.3) is 5.91 Å². The molecule has 0 fully saturated rings. The number of rotatable bonds is 8. The van der Waals surface area contributed by atoms with Crippen molar-refractivity contribution in [2.75, 3.05) is 12.4 Å². The van der Waals surface area contributed by atoms with Crippen LogP contribution in [0.3, 0.4) is 0 Å². The van der Waals surface area contributed by atoms with Crippen molar-refractivity contribution in [3.05, 3.63) is 106 Å². The molecule has 35 heavy (non-hydrogen) atoms. The monoisotopic (exact) mass is 493 g/mol. The number of aryl methyl sites for hydroxylation is 1. The number of hydrogen-bond acceptors (Lipinski definition) is 4. The van der Waals surface area contributed by atoms with Crippen molar-refractivity contribution in [1.29, 1.82) is 0 Å². The van der Waals surface area contributed by atoms with E-state index < -0.39 is 0 Å². The number of nitrogens with one attached hydrogen (secondary N) is 1. The maximum Gasteiger partial charge on any atom is 0.255 e. The van der Waals surface area contributed by atoms with Gasteiger partial charge in [-0.05, 0) is 62.4 Å². The first-order valence-corrected chi connectivity index (χ1v) is 11.4. The highest BCUT2D eigenvalue weighted by atomic mass is 35.5. The molecule has 4 aromatic rings. The first-order chi connectivity index (χ1) is 16.9. The van der Waals surface area contributed by atoms with Crippen molar-refractivity contribution in [1.82, 2.24) is 9.78 Å². The van der Waals surface area contributed by atoms with Gasteiger partial charge in [0.1, 0.15) is 23.9 Å². The second-order valence-corrected chi connectivity index (χ2v) is 8.45. The number of carbonyl (C=O) groups is 1. The van der Waals surface area contributed by atoms with Crippen LogP contribution in [0.25, 0.3) is 0 Å². The minimum atomic E-state index is -0.294. The van der Waals surface area contributed by atoms with Crippen LogP contribution in [0.1, 0.15) is 32.9 Å². The number of ether oxygens (including phenoxy) is 2. The second-order valence-electron chi connectivity index (χ2n) is 8.02. The van der Waals surface area contributed by atoms with Crippen molar-refractivity contribution in [2.24, 2.45) is 0 Å². The number of carbonyl (C=O) groups excluding carboxylic acids is 1. The highest BCUT2D eigenvalue weighted by molar-refractivity contribution is 6.30. The summed E-state index contributed by atoms with van der Waals surface area (Å²) in [4.78, 5) is 13.1. The molecule has 1 N–H and O–H groups in total. The Morgan fingerprint density at radius 1 is 1.06 bits per heavy atom. The normalized spacial score (nSPS) is 10.8. The van der Waals surface area contributed by atoms with Crippen LogP contribution in [0.4, 0.5) is 10.1 Å². The fourth-order valence-corrected chi connectivity index (χ4v) is 3.86. The molecule has 0 bridgehead atoms. The average molecular weight is 494 g/mol. The Bertz CT molecular complexity index is 1350. The molecule has 0 aliphatic heterocycles. The molecular weight excluding hydrogens is 469 g/mol. The van der Waals surface area contributed by atoms with E-state index in [1.807, 2.05) is 6.92 Å². The largest absolute Gasteiger partial charge is 0.496 e. The van der Waals surface area contributed by atoms with Gasteiger partial charge in [0.05, 0.1) is 30.7 Å². The summed E-state index contributed by atoms with van der Waals surface area (Å²) in [5, 5.41) is 8.06. The van der Waals surface area contributed by atoms with Crippen molar-refractivity contribution >= 4 is 23.2 Å². The van der Waals surface area contributed by atoms with Crippen LogP contribution in [-0.4, -0.2) is 22.8 Å². The van der Waals surface area contributed by atoms with Gasteiger partial charge < -0.3 is 14.8 Å². The molecule has 180 valence electrons. The predicted octanol–water partition coefficient (Wildman–Crippen LogP) is 6.18. The van der Waals surface area contributed by atoms with E-state index in [4.69, 9.17) is 21.1 Å².